The van der Waals surface area contributed by atoms with Crippen molar-refractivity contribution >= 4 is 41.5 Å². The van der Waals surface area contributed by atoms with E-state index in [1.54, 1.807) is 12.1 Å². The van der Waals surface area contributed by atoms with Gasteiger partial charge in [-0.1, -0.05) is 16.8 Å². The van der Waals surface area contributed by atoms with Gasteiger partial charge in [0.15, 0.2) is 5.96 Å². The molecule has 2 aromatic rings. The lowest BCUT2D eigenvalue weighted by Crippen LogP contribution is -2.37. The molecule has 0 atom stereocenters. The second-order valence-corrected chi connectivity index (χ2v) is 5.00. The zero-order valence-corrected chi connectivity index (χ0v) is 16.3. The Morgan fingerprint density at radius 3 is 2.43 bits per heavy atom. The van der Waals surface area contributed by atoms with Crippen LogP contribution in [0, 0.1) is 0 Å². The van der Waals surface area contributed by atoms with Crippen LogP contribution < -0.4 is 10.6 Å². The Labute approximate surface area is 158 Å². The lowest BCUT2D eigenvalue weighted by Gasteiger charge is -2.08. The summed E-state index contributed by atoms with van der Waals surface area (Å²) >= 11 is 5.86. The molecule has 0 saturated carbocycles. The molecule has 0 saturated heterocycles. The number of nitrogens with zero attached hydrogens (tertiary/aromatic N) is 3. The van der Waals surface area contributed by atoms with Crippen LogP contribution in [-0.4, -0.2) is 35.7 Å². The van der Waals surface area contributed by atoms with Gasteiger partial charge in [-0.3, -0.25) is 4.99 Å². The normalized spacial score (nSPS) is 9.87. The summed E-state index contributed by atoms with van der Waals surface area (Å²) in [4.78, 5) is 8.81. The van der Waals surface area contributed by atoms with Crippen LogP contribution in [0.15, 0.2) is 33.8 Å². The van der Waals surface area contributed by atoms with Gasteiger partial charge >= 0.3 is 0 Å². The predicted octanol–water partition coefficient (Wildman–Crippen LogP) is 3.13. The van der Waals surface area contributed by atoms with E-state index in [0.717, 1.165) is 24.6 Å². The Morgan fingerprint density at radius 1 is 1.17 bits per heavy atom. The number of benzene rings is 1. The molecule has 0 aliphatic carbocycles. The Hall–Kier alpha value is -1.35. The molecule has 2 N–H and O–H groups in total. The van der Waals surface area contributed by atoms with Crippen molar-refractivity contribution in [3.63, 3.8) is 0 Å². The SMILES string of the molecule is CCNC(=NCCc1nc(-c2ccc(Cl)cc2)no1)NCC.I. The van der Waals surface area contributed by atoms with E-state index in [1.807, 2.05) is 26.0 Å². The number of hydrogen-bond donors (Lipinski definition) is 2. The Morgan fingerprint density at radius 2 is 1.83 bits per heavy atom. The monoisotopic (exact) mass is 449 g/mol. The van der Waals surface area contributed by atoms with E-state index in [-0.39, 0.29) is 24.0 Å². The minimum Gasteiger partial charge on any atom is -0.357 e. The highest BCUT2D eigenvalue weighted by Crippen LogP contribution is 2.18. The van der Waals surface area contributed by atoms with Crippen LogP contribution in [0.1, 0.15) is 19.7 Å². The lowest BCUT2D eigenvalue weighted by atomic mass is 10.2. The van der Waals surface area contributed by atoms with Crippen LogP contribution >= 0.6 is 35.6 Å². The van der Waals surface area contributed by atoms with Crippen LogP contribution in [0.3, 0.4) is 0 Å². The van der Waals surface area contributed by atoms with Crippen molar-refractivity contribution in [1.82, 2.24) is 20.8 Å². The lowest BCUT2D eigenvalue weighted by molar-refractivity contribution is 0.380. The average molecular weight is 450 g/mol. The van der Waals surface area contributed by atoms with Gasteiger partial charge in [0.2, 0.25) is 11.7 Å². The third-order valence-corrected chi connectivity index (χ3v) is 3.11. The van der Waals surface area contributed by atoms with E-state index in [4.69, 9.17) is 16.1 Å². The van der Waals surface area contributed by atoms with Crippen LogP contribution in [0.25, 0.3) is 11.4 Å². The molecule has 2 rings (SSSR count). The topological polar surface area (TPSA) is 75.3 Å². The van der Waals surface area contributed by atoms with E-state index >= 15 is 0 Å². The number of nitrogens with one attached hydrogen (secondary N) is 2. The van der Waals surface area contributed by atoms with Gasteiger partial charge in [0.05, 0.1) is 6.54 Å². The van der Waals surface area contributed by atoms with Crippen molar-refractivity contribution in [2.24, 2.45) is 4.99 Å². The van der Waals surface area contributed by atoms with Gasteiger partial charge in [-0.15, -0.1) is 24.0 Å². The zero-order chi connectivity index (χ0) is 15.8. The number of aromatic nitrogens is 2. The van der Waals surface area contributed by atoms with Crippen molar-refractivity contribution in [3.05, 3.63) is 35.2 Å². The van der Waals surface area contributed by atoms with Crippen molar-refractivity contribution in [1.29, 1.82) is 0 Å². The van der Waals surface area contributed by atoms with E-state index < -0.39 is 0 Å². The molecule has 0 unspecified atom stereocenters. The van der Waals surface area contributed by atoms with E-state index in [9.17, 15) is 0 Å². The molecular weight excluding hydrogens is 429 g/mol. The molecule has 1 aromatic carbocycles. The fourth-order valence-electron chi connectivity index (χ4n) is 1.85. The fraction of sp³-hybridized carbons (Fsp3) is 0.400. The first-order chi connectivity index (χ1) is 10.7. The summed E-state index contributed by atoms with van der Waals surface area (Å²) < 4.78 is 5.25. The first kappa shape index (κ1) is 19.7. The summed E-state index contributed by atoms with van der Waals surface area (Å²) in [5.74, 6) is 1.93. The molecule has 0 bridgehead atoms. The molecule has 6 nitrogen and oxygen atoms in total. The molecule has 0 aliphatic heterocycles. The summed E-state index contributed by atoms with van der Waals surface area (Å²) in [5, 5.41) is 11.0. The van der Waals surface area contributed by atoms with Crippen molar-refractivity contribution < 1.29 is 4.52 Å². The average Bonchev–Trinajstić information content (AvgIpc) is 2.97. The molecular formula is C15H21ClIN5O. The maximum atomic E-state index is 5.86. The Bertz CT molecular complexity index is 607. The highest BCUT2D eigenvalue weighted by Gasteiger charge is 2.08. The second kappa shape index (κ2) is 10.4. The summed E-state index contributed by atoms with van der Waals surface area (Å²) in [6, 6.07) is 7.33. The molecule has 1 heterocycles. The van der Waals surface area contributed by atoms with Gasteiger partial charge in [-0.25, -0.2) is 0 Å². The Balaban J connectivity index is 0.00000264. The van der Waals surface area contributed by atoms with Crippen LogP contribution in [0.2, 0.25) is 5.02 Å². The smallest absolute Gasteiger partial charge is 0.228 e. The molecule has 0 aliphatic rings. The predicted molar refractivity (Wildman–Crippen MR) is 104 cm³/mol. The third-order valence-electron chi connectivity index (χ3n) is 2.85. The third kappa shape index (κ3) is 6.34. The molecule has 0 spiro atoms. The van der Waals surface area contributed by atoms with E-state index in [2.05, 4.69) is 25.8 Å². The standard InChI is InChI=1S/C15H20ClN5O.HI/c1-3-17-15(18-4-2)19-10-9-13-20-14(21-22-13)11-5-7-12(16)8-6-11;/h5-8H,3-4,9-10H2,1-2H3,(H2,17,18,19);1H. The van der Waals surface area contributed by atoms with Gasteiger partial charge in [0, 0.05) is 30.1 Å². The highest BCUT2D eigenvalue weighted by molar-refractivity contribution is 14.0. The van der Waals surface area contributed by atoms with Crippen molar-refractivity contribution in [2.45, 2.75) is 20.3 Å². The molecule has 1 aromatic heterocycles. The van der Waals surface area contributed by atoms with Crippen molar-refractivity contribution in [2.75, 3.05) is 19.6 Å². The Kier molecular flexibility index (Phi) is 8.93. The molecule has 0 radical (unpaired) electrons. The number of halogens is 2. The van der Waals surface area contributed by atoms with Crippen LogP contribution in [0.5, 0.6) is 0 Å². The quantitative estimate of drug-likeness (QED) is 0.403. The van der Waals surface area contributed by atoms with Gasteiger partial charge in [-0.05, 0) is 38.1 Å². The van der Waals surface area contributed by atoms with E-state index in [0.29, 0.717) is 29.7 Å². The van der Waals surface area contributed by atoms with E-state index in [1.165, 1.54) is 0 Å². The van der Waals surface area contributed by atoms with Gasteiger partial charge in [0.25, 0.3) is 0 Å². The number of aliphatic imine (C=N–C) groups is 1. The minimum absolute atomic E-state index is 0. The maximum Gasteiger partial charge on any atom is 0.228 e. The summed E-state index contributed by atoms with van der Waals surface area (Å²) in [6.07, 6.45) is 0.598. The molecule has 23 heavy (non-hydrogen) atoms. The van der Waals surface area contributed by atoms with Crippen LogP contribution in [-0.2, 0) is 6.42 Å². The minimum atomic E-state index is 0. The second-order valence-electron chi connectivity index (χ2n) is 4.56. The first-order valence-electron chi connectivity index (χ1n) is 7.33. The van der Waals surface area contributed by atoms with Gasteiger partial charge in [0.1, 0.15) is 0 Å². The maximum absolute atomic E-state index is 5.86. The molecule has 0 amide bonds. The zero-order valence-electron chi connectivity index (χ0n) is 13.2. The number of hydrogen-bond acceptors (Lipinski definition) is 4. The van der Waals surface area contributed by atoms with Crippen LogP contribution in [0.4, 0.5) is 0 Å². The summed E-state index contributed by atoms with van der Waals surface area (Å²) in [6.45, 7) is 6.30. The molecule has 0 fully saturated rings. The fourth-order valence-corrected chi connectivity index (χ4v) is 1.97. The van der Waals surface area contributed by atoms with Gasteiger partial charge in [-0.2, -0.15) is 4.98 Å². The molecule has 8 heteroatoms. The van der Waals surface area contributed by atoms with Crippen molar-refractivity contribution in [3.8, 4) is 11.4 Å². The summed E-state index contributed by atoms with van der Waals surface area (Å²) in [5.41, 5.74) is 0.879. The largest absolute Gasteiger partial charge is 0.357 e. The number of rotatable bonds is 6. The summed E-state index contributed by atoms with van der Waals surface area (Å²) in [7, 11) is 0. The highest BCUT2D eigenvalue weighted by atomic mass is 127. The number of guanidine groups is 1. The molecule has 126 valence electrons. The first-order valence-corrected chi connectivity index (χ1v) is 7.71. The van der Waals surface area contributed by atoms with Gasteiger partial charge < -0.3 is 15.2 Å².